The van der Waals surface area contributed by atoms with Crippen molar-refractivity contribution in [1.29, 1.82) is 0 Å². The predicted molar refractivity (Wildman–Crippen MR) is 129 cm³/mol. The van der Waals surface area contributed by atoms with Crippen LogP contribution in [0.25, 0.3) is 6.08 Å². The van der Waals surface area contributed by atoms with Gasteiger partial charge < -0.3 is 19.1 Å². The summed E-state index contributed by atoms with van der Waals surface area (Å²) in [6, 6.07) is 9.49. The first-order valence-electron chi connectivity index (χ1n) is 11.7. The van der Waals surface area contributed by atoms with E-state index < -0.39 is 29.3 Å². The Balaban J connectivity index is 1.46. The summed E-state index contributed by atoms with van der Waals surface area (Å²) >= 11 is 0. The van der Waals surface area contributed by atoms with Gasteiger partial charge in [-0.25, -0.2) is 4.90 Å². The van der Waals surface area contributed by atoms with E-state index >= 15 is 0 Å². The number of hydrogen-bond donors (Lipinski definition) is 0. The van der Waals surface area contributed by atoms with Crippen LogP contribution in [0, 0.1) is 17.3 Å². The lowest BCUT2D eigenvalue weighted by Crippen LogP contribution is -2.51. The summed E-state index contributed by atoms with van der Waals surface area (Å²) in [4.78, 5) is 44.8. The van der Waals surface area contributed by atoms with E-state index in [0.29, 0.717) is 22.9 Å². The van der Waals surface area contributed by atoms with Gasteiger partial charge in [0.1, 0.15) is 11.8 Å². The molecule has 2 saturated heterocycles. The largest absolute Gasteiger partial charge is 0.497 e. The highest BCUT2D eigenvalue weighted by Gasteiger charge is 2.65. The second-order valence-electron chi connectivity index (χ2n) is 10.3. The Morgan fingerprint density at radius 1 is 1.00 bits per heavy atom. The van der Waals surface area contributed by atoms with Crippen molar-refractivity contribution >= 4 is 35.0 Å². The standard InChI is InChI=1S/C27H26N2O6/c1-27(2,3)24(30)23-22-21(18-8-5-14-11-16(33-4)7-9-17(14)29(18)23)25(31)28(26(22)32)15-6-10-19-20(12-15)35-13-34-19/h5-12,18,21-23H,13H2,1-4H3. The number of carbonyl (C=O) groups is 3. The molecule has 0 radical (unpaired) electrons. The second kappa shape index (κ2) is 7.34. The van der Waals surface area contributed by atoms with Crippen molar-refractivity contribution in [3.63, 3.8) is 0 Å². The number of nitrogens with zero attached hydrogens (tertiary/aromatic N) is 2. The molecule has 35 heavy (non-hydrogen) atoms. The summed E-state index contributed by atoms with van der Waals surface area (Å²) in [6.45, 7) is 5.65. The maximum atomic E-state index is 13.9. The van der Waals surface area contributed by atoms with Crippen LogP contribution in [0.5, 0.6) is 17.2 Å². The van der Waals surface area contributed by atoms with E-state index in [2.05, 4.69) is 0 Å². The van der Waals surface area contributed by atoms with Crippen molar-refractivity contribution < 1.29 is 28.6 Å². The first-order valence-corrected chi connectivity index (χ1v) is 11.7. The Morgan fingerprint density at radius 3 is 2.49 bits per heavy atom. The van der Waals surface area contributed by atoms with E-state index in [0.717, 1.165) is 11.3 Å². The Kier molecular flexibility index (Phi) is 4.55. The summed E-state index contributed by atoms with van der Waals surface area (Å²) in [5.74, 6) is -0.435. The van der Waals surface area contributed by atoms with Crippen LogP contribution in [0.4, 0.5) is 11.4 Å². The van der Waals surface area contributed by atoms with Crippen molar-refractivity contribution in [2.75, 3.05) is 23.7 Å². The van der Waals surface area contributed by atoms with Gasteiger partial charge in [-0.3, -0.25) is 14.4 Å². The van der Waals surface area contributed by atoms with Crippen molar-refractivity contribution in [1.82, 2.24) is 0 Å². The fourth-order valence-corrected chi connectivity index (χ4v) is 5.70. The molecule has 0 bridgehead atoms. The number of fused-ring (bicyclic) bond motifs is 6. The summed E-state index contributed by atoms with van der Waals surface area (Å²) < 4.78 is 16.2. The Labute approximate surface area is 203 Å². The maximum Gasteiger partial charge on any atom is 0.240 e. The zero-order chi connectivity index (χ0) is 24.6. The highest BCUT2D eigenvalue weighted by Crippen LogP contribution is 2.51. The minimum Gasteiger partial charge on any atom is -0.497 e. The molecule has 2 fully saturated rings. The molecule has 4 aliphatic rings. The van der Waals surface area contributed by atoms with Crippen molar-refractivity contribution in [3.05, 3.63) is 48.0 Å². The average molecular weight is 475 g/mol. The molecule has 0 N–H and O–H groups in total. The molecule has 2 amide bonds. The third-order valence-electron chi connectivity index (χ3n) is 7.33. The van der Waals surface area contributed by atoms with Gasteiger partial charge >= 0.3 is 0 Å². The molecule has 8 heteroatoms. The molecule has 2 aromatic carbocycles. The number of hydrogen-bond acceptors (Lipinski definition) is 7. The molecule has 0 aromatic heterocycles. The minimum absolute atomic E-state index is 0.0687. The van der Waals surface area contributed by atoms with Gasteiger partial charge in [0.2, 0.25) is 18.6 Å². The molecule has 2 aromatic rings. The molecule has 180 valence electrons. The summed E-state index contributed by atoms with van der Waals surface area (Å²) in [5.41, 5.74) is 1.44. The van der Waals surface area contributed by atoms with E-state index in [4.69, 9.17) is 14.2 Å². The first-order chi connectivity index (χ1) is 16.7. The fraction of sp³-hybridized carbons (Fsp3) is 0.370. The van der Waals surface area contributed by atoms with Crippen LogP contribution in [-0.4, -0.2) is 43.6 Å². The molecule has 0 aliphatic carbocycles. The molecule has 0 saturated carbocycles. The quantitative estimate of drug-likeness (QED) is 0.630. The number of anilines is 2. The molecule has 8 nitrogen and oxygen atoms in total. The molecule has 4 unspecified atom stereocenters. The van der Waals surface area contributed by atoms with Gasteiger partial charge in [-0.2, -0.15) is 0 Å². The third-order valence-corrected chi connectivity index (χ3v) is 7.33. The first kappa shape index (κ1) is 21.7. The summed E-state index contributed by atoms with van der Waals surface area (Å²) in [5, 5.41) is 0. The van der Waals surface area contributed by atoms with E-state index in [1.807, 2.05) is 56.0 Å². The summed E-state index contributed by atoms with van der Waals surface area (Å²) in [6.07, 6.45) is 3.88. The monoisotopic (exact) mass is 474 g/mol. The van der Waals surface area contributed by atoms with Crippen molar-refractivity contribution in [2.24, 2.45) is 17.3 Å². The zero-order valence-electron chi connectivity index (χ0n) is 20.0. The molecule has 4 heterocycles. The van der Waals surface area contributed by atoms with Crippen LogP contribution in [0.1, 0.15) is 26.3 Å². The van der Waals surface area contributed by atoms with Crippen LogP contribution in [-0.2, 0) is 14.4 Å². The predicted octanol–water partition coefficient (Wildman–Crippen LogP) is 3.43. The van der Waals surface area contributed by atoms with Gasteiger partial charge in [-0.15, -0.1) is 0 Å². The SMILES string of the molecule is COc1ccc2c(c1)C=CC1C3C(=O)N(c4ccc5c(c4)OCO5)C(=O)C3C(C(=O)C(C)(C)C)N21. The summed E-state index contributed by atoms with van der Waals surface area (Å²) in [7, 11) is 1.60. The number of carbonyl (C=O) groups excluding carboxylic acids is 3. The van der Waals surface area contributed by atoms with Crippen molar-refractivity contribution in [2.45, 2.75) is 32.9 Å². The number of benzene rings is 2. The van der Waals surface area contributed by atoms with Crippen LogP contribution in [0.3, 0.4) is 0 Å². The average Bonchev–Trinajstić information content (AvgIpc) is 3.50. The van der Waals surface area contributed by atoms with Gasteiger partial charge in [-0.05, 0) is 30.3 Å². The Bertz CT molecular complexity index is 1310. The van der Waals surface area contributed by atoms with E-state index in [-0.39, 0.29) is 24.4 Å². The number of imide groups is 1. The second-order valence-corrected chi connectivity index (χ2v) is 10.3. The lowest BCUT2D eigenvalue weighted by Gasteiger charge is -2.38. The molecular formula is C27H26N2O6. The van der Waals surface area contributed by atoms with Crippen LogP contribution in [0.2, 0.25) is 0 Å². The lowest BCUT2D eigenvalue weighted by atomic mass is 9.79. The van der Waals surface area contributed by atoms with Crippen LogP contribution in [0.15, 0.2) is 42.5 Å². The normalized spacial score (nSPS) is 26.1. The Hall–Kier alpha value is -3.81. The van der Waals surface area contributed by atoms with E-state index in [1.165, 1.54) is 4.90 Å². The highest BCUT2D eigenvalue weighted by atomic mass is 16.7. The number of ether oxygens (including phenoxy) is 3. The number of methoxy groups -OCH3 is 1. The van der Waals surface area contributed by atoms with Crippen LogP contribution < -0.4 is 24.0 Å². The fourth-order valence-electron chi connectivity index (χ4n) is 5.70. The zero-order valence-corrected chi connectivity index (χ0v) is 20.0. The van der Waals surface area contributed by atoms with Gasteiger partial charge in [0.15, 0.2) is 17.3 Å². The molecule has 6 rings (SSSR count). The number of rotatable bonds is 3. The van der Waals surface area contributed by atoms with Gasteiger partial charge in [0.05, 0.1) is 30.7 Å². The van der Waals surface area contributed by atoms with E-state index in [9.17, 15) is 14.4 Å². The molecule has 4 aliphatic heterocycles. The molecule has 4 atom stereocenters. The smallest absolute Gasteiger partial charge is 0.240 e. The Morgan fingerprint density at radius 2 is 1.74 bits per heavy atom. The van der Waals surface area contributed by atoms with Crippen molar-refractivity contribution in [3.8, 4) is 17.2 Å². The number of ketones is 1. The van der Waals surface area contributed by atoms with Crippen LogP contribution >= 0.6 is 0 Å². The van der Waals surface area contributed by atoms with E-state index in [1.54, 1.807) is 25.3 Å². The molecule has 0 spiro atoms. The highest BCUT2D eigenvalue weighted by molar-refractivity contribution is 6.25. The number of Topliss-reactive ketones (excluding diaryl/α,β-unsaturated/α-hetero) is 1. The van der Waals surface area contributed by atoms with Gasteiger partial charge in [0.25, 0.3) is 0 Å². The lowest BCUT2D eigenvalue weighted by molar-refractivity contribution is -0.132. The maximum absolute atomic E-state index is 13.9. The third kappa shape index (κ3) is 3.02. The van der Waals surface area contributed by atoms with Gasteiger partial charge in [-0.1, -0.05) is 32.9 Å². The molecular weight excluding hydrogens is 448 g/mol. The van der Waals surface area contributed by atoms with Gasteiger partial charge in [0, 0.05) is 22.7 Å². The topological polar surface area (TPSA) is 85.4 Å². The minimum atomic E-state index is -0.789. The number of amides is 2.